The number of alkyl halides is 9. The Balaban J connectivity index is 0.000000145. The molecule has 0 amide bonds. The topological polar surface area (TPSA) is 171 Å². The predicted molar refractivity (Wildman–Crippen MR) is 233 cm³/mol. The molecule has 0 aliphatic carbocycles. The molecule has 6 aliphatic rings. The molecule has 0 saturated carbocycles. The lowest BCUT2D eigenvalue weighted by Gasteiger charge is -2.33. The first-order chi connectivity index (χ1) is 31.1. The average Bonchev–Trinajstić information content (AvgIpc) is 4.04. The predicted octanol–water partition coefficient (Wildman–Crippen LogP) is 6.35. The van der Waals surface area contributed by atoms with E-state index in [1.54, 1.807) is 0 Å². The number of halogens is 9. The lowest BCUT2D eigenvalue weighted by atomic mass is 10.1. The Morgan fingerprint density at radius 2 is 1.09 bits per heavy atom. The summed E-state index contributed by atoms with van der Waals surface area (Å²) in [4.78, 5) is 25.0. The first kappa shape index (κ1) is 49.3. The standard InChI is InChI=1S/C19H25F3N6O.C17H24N6O.C3H2Cl3F3O3S/c1-12-24-17(27-9-14-2-3-15(10-27)29-14)16-8-23-28(18(16)25-12)13-4-6-26(7-5-13)11-19(20,21)22;1-11-20-16(22-9-13-2-3-14(10-22)24-13)15-8-19-23(17(15)21-11)12-4-6-18-7-5-12;4-3(5,6)13(10,11)12-1-2(7,8)9/h8,13-15H,2-7,9-11H2,1H3;8,12-14,18H,2-7,9-10H2,1H3;1H2. The van der Waals surface area contributed by atoms with Gasteiger partial charge in [-0.3, -0.25) is 9.08 Å². The van der Waals surface area contributed by atoms with Crippen molar-refractivity contribution in [1.29, 1.82) is 0 Å². The Bertz CT molecular complexity index is 2410. The van der Waals surface area contributed by atoms with Gasteiger partial charge in [-0.2, -0.15) is 45.0 Å². The third kappa shape index (κ3) is 11.8. The van der Waals surface area contributed by atoms with Crippen molar-refractivity contribution in [2.75, 3.05) is 75.3 Å². The van der Waals surface area contributed by atoms with Crippen LogP contribution < -0.4 is 15.1 Å². The highest BCUT2D eigenvalue weighted by Crippen LogP contribution is 2.37. The van der Waals surface area contributed by atoms with Crippen LogP contribution in [0, 0.1) is 13.8 Å². The fourth-order valence-electron chi connectivity index (χ4n) is 9.46. The van der Waals surface area contributed by atoms with Crippen molar-refractivity contribution in [2.24, 2.45) is 0 Å². The number of fused-ring (bicyclic) bond motifs is 6. The molecule has 0 aromatic carbocycles. The number of aromatic nitrogens is 8. The minimum Gasteiger partial charge on any atom is -0.371 e. The van der Waals surface area contributed by atoms with Crippen molar-refractivity contribution in [3.05, 3.63) is 24.0 Å². The molecule has 4 unspecified atom stereocenters. The summed E-state index contributed by atoms with van der Waals surface area (Å²) in [6.45, 7) is 7.43. The van der Waals surface area contributed by atoms with Gasteiger partial charge >= 0.3 is 25.6 Å². The Hall–Kier alpha value is -3.10. The summed E-state index contributed by atoms with van der Waals surface area (Å²) < 4.78 is 110. The van der Waals surface area contributed by atoms with Crippen LogP contribution in [0.1, 0.15) is 75.1 Å². The maximum Gasteiger partial charge on any atom is 0.413 e. The number of ether oxygens (including phenoxy) is 2. The summed E-state index contributed by atoms with van der Waals surface area (Å²) in [6, 6.07) is 0.492. The van der Waals surface area contributed by atoms with E-state index in [2.05, 4.69) is 34.1 Å². The molecule has 4 bridgehead atoms. The fraction of sp³-hybridized carbons (Fsp3) is 0.744. The van der Waals surface area contributed by atoms with Crippen LogP contribution in [0.15, 0.2) is 12.4 Å². The van der Waals surface area contributed by atoms with Gasteiger partial charge in [0.05, 0.1) is 66.2 Å². The highest BCUT2D eigenvalue weighted by molar-refractivity contribution is 7.92. The van der Waals surface area contributed by atoms with Gasteiger partial charge in [0, 0.05) is 39.3 Å². The summed E-state index contributed by atoms with van der Waals surface area (Å²) in [6.07, 6.45) is 4.03. The highest BCUT2D eigenvalue weighted by Gasteiger charge is 2.43. The number of hydrogen-bond donors (Lipinski definition) is 1. The Labute approximate surface area is 391 Å². The van der Waals surface area contributed by atoms with Gasteiger partial charge in [0.25, 0.3) is 0 Å². The Kier molecular flexibility index (Phi) is 14.7. The highest BCUT2D eigenvalue weighted by atomic mass is 35.6. The molecule has 17 nitrogen and oxygen atoms in total. The second-order valence-corrected chi connectivity index (χ2v) is 22.2. The van der Waals surface area contributed by atoms with Crippen LogP contribution in [0.5, 0.6) is 0 Å². The maximum atomic E-state index is 12.7. The molecule has 6 fully saturated rings. The van der Waals surface area contributed by atoms with E-state index < -0.39 is 38.7 Å². The minimum absolute atomic E-state index is 0.0556. The minimum atomic E-state index is -4.85. The number of aryl methyl sites for hydroxylation is 2. The van der Waals surface area contributed by atoms with Crippen LogP contribution in [0.4, 0.5) is 38.0 Å². The van der Waals surface area contributed by atoms with Gasteiger partial charge < -0.3 is 24.6 Å². The number of anilines is 2. The zero-order valence-electron chi connectivity index (χ0n) is 36.1. The number of nitrogens with zero attached hydrogens (tertiary/aromatic N) is 11. The maximum absolute atomic E-state index is 12.7. The normalized spacial score (nSPS) is 24.7. The number of hydrogen-bond acceptors (Lipinski definition) is 15. The van der Waals surface area contributed by atoms with Gasteiger partial charge in [-0.25, -0.2) is 29.3 Å². The first-order valence-corrected chi connectivity index (χ1v) is 24.4. The monoisotopic (exact) mass is 1020 g/mol. The van der Waals surface area contributed by atoms with Gasteiger partial charge in [0.1, 0.15) is 23.3 Å². The van der Waals surface area contributed by atoms with E-state index >= 15 is 0 Å². The lowest BCUT2D eigenvalue weighted by molar-refractivity contribution is -0.152. The summed E-state index contributed by atoms with van der Waals surface area (Å²) in [5.74, 6) is 3.45. The van der Waals surface area contributed by atoms with Crippen molar-refractivity contribution in [3.8, 4) is 0 Å². The van der Waals surface area contributed by atoms with E-state index in [0.29, 0.717) is 50.0 Å². The first-order valence-electron chi connectivity index (χ1n) is 21.9. The third-order valence-electron chi connectivity index (χ3n) is 12.4. The number of rotatable bonds is 7. The van der Waals surface area contributed by atoms with Crippen LogP contribution in [0.3, 0.4) is 0 Å². The molecule has 27 heteroatoms. The molecule has 10 rings (SSSR count). The summed E-state index contributed by atoms with van der Waals surface area (Å²) in [5.41, 5.74) is 1.77. The van der Waals surface area contributed by atoms with Crippen molar-refractivity contribution < 1.29 is 48.4 Å². The molecule has 0 spiro atoms. The van der Waals surface area contributed by atoms with E-state index in [-0.39, 0.29) is 18.2 Å². The van der Waals surface area contributed by atoms with Gasteiger partial charge in [-0.1, -0.05) is 34.8 Å². The van der Waals surface area contributed by atoms with Crippen LogP contribution >= 0.6 is 34.8 Å². The number of morpholine rings is 2. The molecule has 66 heavy (non-hydrogen) atoms. The lowest BCUT2D eigenvalue weighted by Crippen LogP contribution is -2.43. The fourth-order valence-corrected chi connectivity index (χ4v) is 10.3. The van der Waals surface area contributed by atoms with Crippen LogP contribution in [-0.4, -0.2) is 158 Å². The zero-order chi connectivity index (χ0) is 47.2. The van der Waals surface area contributed by atoms with Crippen molar-refractivity contribution in [3.63, 3.8) is 0 Å². The number of likely N-dealkylation sites (tertiary alicyclic amines) is 1. The SMILES string of the molecule is Cc1nc(N2CC3CCC(C2)O3)c2cnn(C3CCN(CC(F)(F)F)CC3)c2n1.Cc1nc(N2CC3CCC(C2)O3)c2cnn(C3CCNCC3)c2n1.O=S(=O)(OCC(F)(F)F)C(Cl)(Cl)Cl. The smallest absolute Gasteiger partial charge is 0.371 e. The summed E-state index contributed by atoms with van der Waals surface area (Å²) in [5, 5.41) is 14.7. The average molecular weight is 1020 g/mol. The quantitative estimate of drug-likeness (QED) is 0.123. The number of piperidine rings is 2. The van der Waals surface area contributed by atoms with E-state index in [9.17, 15) is 34.8 Å². The molecule has 10 heterocycles. The van der Waals surface area contributed by atoms with Gasteiger partial charge in [-0.05, 0) is 78.3 Å². The van der Waals surface area contributed by atoms with Crippen molar-refractivity contribution in [2.45, 2.75) is 117 Å². The second kappa shape index (κ2) is 19.7. The molecular weight excluding hydrogens is 969 g/mol. The molecule has 0 radical (unpaired) electrons. The van der Waals surface area contributed by atoms with Gasteiger partial charge in [0.2, 0.25) is 0 Å². The molecule has 4 atom stereocenters. The van der Waals surface area contributed by atoms with E-state index in [4.69, 9.17) is 64.3 Å². The Morgan fingerprint density at radius 1 is 0.667 bits per heavy atom. The van der Waals surface area contributed by atoms with Crippen LogP contribution in [-0.2, 0) is 23.8 Å². The molecule has 1 N–H and O–H groups in total. The largest absolute Gasteiger partial charge is 0.413 e. The van der Waals surface area contributed by atoms with Crippen LogP contribution in [0.25, 0.3) is 22.1 Å². The second-order valence-electron chi connectivity index (χ2n) is 17.4. The molecule has 4 aromatic heterocycles. The molecular formula is C39H51Cl3F6N12O5S. The molecule has 6 saturated heterocycles. The summed E-state index contributed by atoms with van der Waals surface area (Å²) in [7, 11) is -4.85. The van der Waals surface area contributed by atoms with E-state index in [1.807, 2.05) is 30.9 Å². The van der Waals surface area contributed by atoms with Crippen molar-refractivity contribution >= 4 is 78.6 Å². The summed E-state index contributed by atoms with van der Waals surface area (Å²) >= 11 is 14.4. The number of nitrogens with one attached hydrogen (secondary N) is 1. The molecule has 4 aromatic rings. The molecule has 6 aliphatic heterocycles. The van der Waals surface area contributed by atoms with Crippen molar-refractivity contribution in [1.82, 2.24) is 49.7 Å². The zero-order valence-corrected chi connectivity index (χ0v) is 39.2. The van der Waals surface area contributed by atoms with Crippen LogP contribution in [0.2, 0.25) is 0 Å². The van der Waals surface area contributed by atoms with E-state index in [0.717, 1.165) is 104 Å². The Morgan fingerprint density at radius 3 is 1.48 bits per heavy atom. The third-order valence-corrected chi connectivity index (χ3v) is 15.1. The van der Waals surface area contributed by atoms with Gasteiger partial charge in [0.15, 0.2) is 17.9 Å². The molecule has 366 valence electrons. The van der Waals surface area contributed by atoms with Gasteiger partial charge in [-0.15, -0.1) is 0 Å². The van der Waals surface area contributed by atoms with E-state index in [1.165, 1.54) is 17.7 Å².